The van der Waals surface area contributed by atoms with Crippen molar-refractivity contribution >= 4 is 21.8 Å². The van der Waals surface area contributed by atoms with Crippen molar-refractivity contribution in [1.29, 1.82) is 0 Å². The van der Waals surface area contributed by atoms with Crippen molar-refractivity contribution in [3.63, 3.8) is 0 Å². The van der Waals surface area contributed by atoms with Crippen LogP contribution in [0.5, 0.6) is 11.5 Å². The van der Waals surface area contributed by atoms with Crippen molar-refractivity contribution in [3.05, 3.63) is 89.7 Å². The summed E-state index contributed by atoms with van der Waals surface area (Å²) >= 11 is 0. The number of nitrogens with zero attached hydrogens (tertiary/aromatic N) is 1. The number of aliphatic hydroxyl groups excluding tert-OH is 1. The molecule has 0 saturated carbocycles. The van der Waals surface area contributed by atoms with E-state index in [0.717, 1.165) is 5.56 Å². The van der Waals surface area contributed by atoms with E-state index >= 15 is 0 Å². The maximum Gasteiger partial charge on any atom is 0.243 e. The van der Waals surface area contributed by atoms with E-state index in [1.165, 1.54) is 34.6 Å². The Morgan fingerprint density at radius 1 is 0.918 bits per heavy atom. The summed E-state index contributed by atoms with van der Waals surface area (Å²) in [5.41, 5.74) is 0.762. The van der Waals surface area contributed by atoms with Crippen LogP contribution in [0.25, 0.3) is 0 Å². The zero-order valence-corrected chi connectivity index (χ0v) is 29.4. The van der Waals surface area contributed by atoms with Crippen molar-refractivity contribution in [3.8, 4) is 11.5 Å². The smallest absolute Gasteiger partial charge is 0.243 e. The van der Waals surface area contributed by atoms with E-state index in [2.05, 4.69) is 16.0 Å². The van der Waals surface area contributed by atoms with Crippen LogP contribution in [0.2, 0.25) is 0 Å². The lowest BCUT2D eigenvalue weighted by molar-refractivity contribution is -0.132. The number of amides is 2. The normalized spacial score (nSPS) is 14.8. The standard InChI is InChI=1S/C36H47FN4O7S/c1-24(2)21-41(49(45,46)28-14-15-31-32(18-28)48-23-47-31)22-30(42)29(17-25-10-7-6-8-11-25)39-35(44)34(36(3,4)5)40-33(43)20-38-19-26-12-9-13-27(37)16-26/h6-16,18,24,29-30,34,38,42H,17,19-23H2,1-5H3,(H,39,44)(H,40,43)/t29?,30-,34-/m1/s1. The first-order chi connectivity index (χ1) is 23.1. The van der Waals surface area contributed by atoms with Gasteiger partial charge < -0.3 is 30.5 Å². The number of benzene rings is 3. The lowest BCUT2D eigenvalue weighted by Crippen LogP contribution is -2.59. The van der Waals surface area contributed by atoms with Crippen LogP contribution in [0.3, 0.4) is 0 Å². The van der Waals surface area contributed by atoms with Crippen molar-refractivity contribution in [2.75, 3.05) is 26.4 Å². The van der Waals surface area contributed by atoms with E-state index in [9.17, 15) is 27.5 Å². The van der Waals surface area contributed by atoms with E-state index in [1.54, 1.807) is 12.1 Å². The molecule has 0 aliphatic carbocycles. The minimum absolute atomic E-state index is 0.00441. The van der Waals surface area contributed by atoms with Gasteiger partial charge in [-0.3, -0.25) is 9.59 Å². The first kappa shape index (κ1) is 37.8. The lowest BCUT2D eigenvalue weighted by atomic mass is 9.85. The largest absolute Gasteiger partial charge is 0.454 e. The fraction of sp³-hybridized carbons (Fsp3) is 0.444. The van der Waals surface area contributed by atoms with Gasteiger partial charge in [0.25, 0.3) is 0 Å². The topological polar surface area (TPSA) is 146 Å². The molecule has 3 aromatic carbocycles. The SMILES string of the molecule is CC(C)CN(C[C@@H](O)C(Cc1ccccc1)NC(=O)[C@@H](NC(=O)CNCc1cccc(F)c1)C(C)(C)C)S(=O)(=O)c1ccc2c(c1)OCO2. The van der Waals surface area contributed by atoms with Crippen LogP contribution < -0.4 is 25.4 Å². The zero-order chi connectivity index (χ0) is 35.8. The molecule has 0 fully saturated rings. The van der Waals surface area contributed by atoms with E-state index < -0.39 is 45.4 Å². The molecule has 1 heterocycles. The number of fused-ring (bicyclic) bond motifs is 1. The molecule has 11 nitrogen and oxygen atoms in total. The molecule has 3 atom stereocenters. The Bertz CT molecular complexity index is 1680. The number of rotatable bonds is 16. The molecule has 1 unspecified atom stereocenters. The van der Waals surface area contributed by atoms with Gasteiger partial charge in [0.1, 0.15) is 11.9 Å². The van der Waals surface area contributed by atoms with Gasteiger partial charge in [-0.05, 0) is 53.1 Å². The van der Waals surface area contributed by atoms with Crippen LogP contribution in [-0.4, -0.2) is 74.3 Å². The molecule has 266 valence electrons. The van der Waals surface area contributed by atoms with Crippen LogP contribution in [-0.2, 0) is 32.6 Å². The molecule has 4 rings (SSSR count). The molecule has 0 spiro atoms. The highest BCUT2D eigenvalue weighted by Crippen LogP contribution is 2.35. The molecule has 4 N–H and O–H groups in total. The van der Waals surface area contributed by atoms with E-state index in [-0.39, 0.29) is 56.0 Å². The Hall–Kier alpha value is -4.04. The van der Waals surface area contributed by atoms with Crippen molar-refractivity contribution in [1.82, 2.24) is 20.3 Å². The number of halogens is 1. The van der Waals surface area contributed by atoms with Crippen molar-refractivity contribution in [2.24, 2.45) is 11.3 Å². The van der Waals surface area contributed by atoms with Crippen LogP contribution in [0.4, 0.5) is 4.39 Å². The summed E-state index contributed by atoms with van der Waals surface area (Å²) in [5, 5.41) is 20.4. The fourth-order valence-electron chi connectivity index (χ4n) is 5.47. The Morgan fingerprint density at radius 3 is 2.29 bits per heavy atom. The average molecular weight is 699 g/mol. The predicted molar refractivity (Wildman–Crippen MR) is 184 cm³/mol. The Kier molecular flexibility index (Phi) is 12.8. The second-order valence-corrected chi connectivity index (χ2v) is 15.6. The fourth-order valence-corrected chi connectivity index (χ4v) is 7.11. The van der Waals surface area contributed by atoms with E-state index in [4.69, 9.17) is 9.47 Å². The first-order valence-corrected chi connectivity index (χ1v) is 17.7. The van der Waals surface area contributed by atoms with Gasteiger partial charge in [-0.2, -0.15) is 4.31 Å². The second-order valence-electron chi connectivity index (χ2n) is 13.7. The summed E-state index contributed by atoms with van der Waals surface area (Å²) in [6.07, 6.45) is -1.12. The van der Waals surface area contributed by atoms with E-state index in [1.807, 2.05) is 65.0 Å². The van der Waals surface area contributed by atoms with Crippen molar-refractivity contribution < 1.29 is 37.0 Å². The Morgan fingerprint density at radius 2 is 1.61 bits per heavy atom. The van der Waals surface area contributed by atoms with Gasteiger partial charge in [0.15, 0.2) is 11.5 Å². The number of hydrogen-bond acceptors (Lipinski definition) is 8. The lowest BCUT2D eigenvalue weighted by Gasteiger charge is -2.34. The highest BCUT2D eigenvalue weighted by Gasteiger charge is 2.37. The molecule has 2 amide bonds. The quantitative estimate of drug-likeness (QED) is 0.178. The van der Waals surface area contributed by atoms with Gasteiger partial charge >= 0.3 is 0 Å². The number of hydrogen-bond donors (Lipinski definition) is 4. The van der Waals surface area contributed by atoms with E-state index in [0.29, 0.717) is 17.1 Å². The Labute approximate surface area is 288 Å². The minimum Gasteiger partial charge on any atom is -0.454 e. The van der Waals surface area contributed by atoms with Gasteiger partial charge in [0.05, 0.1) is 23.6 Å². The highest BCUT2D eigenvalue weighted by atomic mass is 32.2. The van der Waals surface area contributed by atoms with Crippen LogP contribution in [0, 0.1) is 17.2 Å². The summed E-state index contributed by atoms with van der Waals surface area (Å²) in [6.45, 7) is 9.12. The van der Waals surface area contributed by atoms with Crippen LogP contribution in [0.1, 0.15) is 45.7 Å². The summed E-state index contributed by atoms with van der Waals surface area (Å²) in [4.78, 5) is 26.9. The summed E-state index contributed by atoms with van der Waals surface area (Å²) in [5.74, 6) is -0.654. The molecule has 0 saturated heterocycles. The molecule has 0 aromatic heterocycles. The van der Waals surface area contributed by atoms with Crippen molar-refractivity contribution in [2.45, 2.75) is 70.7 Å². The molecular weight excluding hydrogens is 651 g/mol. The number of carbonyl (C=O) groups excluding carboxylic acids is 2. The molecule has 1 aliphatic rings. The van der Waals surface area contributed by atoms with Gasteiger partial charge in [-0.15, -0.1) is 0 Å². The third-order valence-electron chi connectivity index (χ3n) is 7.97. The van der Waals surface area contributed by atoms with Gasteiger partial charge in [0.2, 0.25) is 28.6 Å². The summed E-state index contributed by atoms with van der Waals surface area (Å²) < 4.78 is 53.3. The predicted octanol–water partition coefficient (Wildman–Crippen LogP) is 3.61. The monoisotopic (exact) mass is 698 g/mol. The first-order valence-electron chi connectivity index (χ1n) is 16.3. The third-order valence-corrected chi connectivity index (χ3v) is 9.80. The third kappa shape index (κ3) is 10.7. The Balaban J connectivity index is 1.52. The van der Waals surface area contributed by atoms with Crippen LogP contribution >= 0.6 is 0 Å². The van der Waals surface area contributed by atoms with Crippen LogP contribution in [0.15, 0.2) is 77.7 Å². The van der Waals surface area contributed by atoms with Gasteiger partial charge in [-0.1, -0.05) is 77.1 Å². The number of nitrogens with one attached hydrogen (secondary N) is 3. The minimum atomic E-state index is -4.09. The maximum atomic E-state index is 13.9. The number of carbonyl (C=O) groups is 2. The highest BCUT2D eigenvalue weighted by molar-refractivity contribution is 7.89. The second kappa shape index (κ2) is 16.6. The summed E-state index contributed by atoms with van der Waals surface area (Å²) in [6, 6.07) is 17.7. The summed E-state index contributed by atoms with van der Waals surface area (Å²) in [7, 11) is -4.09. The zero-order valence-electron chi connectivity index (χ0n) is 28.6. The number of ether oxygens (including phenoxy) is 2. The molecule has 3 aromatic rings. The maximum absolute atomic E-state index is 13.9. The van der Waals surface area contributed by atoms with Gasteiger partial charge in [-0.25, -0.2) is 12.8 Å². The molecule has 13 heteroatoms. The van der Waals surface area contributed by atoms with Gasteiger partial charge in [0, 0.05) is 25.7 Å². The molecule has 0 radical (unpaired) electrons. The molecule has 1 aliphatic heterocycles. The average Bonchev–Trinajstić information content (AvgIpc) is 3.51. The number of aliphatic hydroxyl groups is 1. The molecular formula is C36H47FN4O7S. The molecule has 0 bridgehead atoms. The number of sulfonamides is 1. The molecule has 49 heavy (non-hydrogen) atoms.